The van der Waals surface area contributed by atoms with Crippen molar-refractivity contribution in [3.05, 3.63) is 51.5 Å². The van der Waals surface area contributed by atoms with E-state index in [1.807, 2.05) is 25.7 Å². The molecule has 1 aliphatic heterocycles. The number of carbonyl (C=O) groups excluding carboxylic acids is 1. The molecule has 0 bridgehead atoms. The lowest BCUT2D eigenvalue weighted by atomic mass is 10.1. The van der Waals surface area contributed by atoms with Crippen LogP contribution in [0, 0.1) is 19.7 Å². The maximum atomic E-state index is 13.4. The number of aryl methyl sites for hydroxylation is 2. The Hall–Kier alpha value is -1.81. The molecule has 2 heterocycles. The Morgan fingerprint density at radius 1 is 1.20 bits per heavy atom. The zero-order valence-corrected chi connectivity index (χ0v) is 19.4. The van der Waals surface area contributed by atoms with Crippen LogP contribution < -0.4 is 0 Å². The van der Waals surface area contributed by atoms with Gasteiger partial charge in [0.05, 0.1) is 10.9 Å². The highest BCUT2D eigenvalue weighted by Gasteiger charge is 2.33. The Bertz CT molecular complexity index is 1010. The fraction of sp³-hybridized carbons (Fsp3) is 0.476. The average Bonchev–Trinajstić information content (AvgIpc) is 3.05. The fourth-order valence-electron chi connectivity index (χ4n) is 3.80. The molecule has 1 amide bonds. The number of sulfonamides is 1. The summed E-state index contributed by atoms with van der Waals surface area (Å²) >= 11 is 1.48. The second kappa shape index (κ2) is 9.13. The van der Waals surface area contributed by atoms with E-state index in [1.165, 1.54) is 27.8 Å². The van der Waals surface area contributed by atoms with Crippen LogP contribution in [0.1, 0.15) is 22.2 Å². The van der Waals surface area contributed by atoms with Crippen LogP contribution >= 0.6 is 11.3 Å². The van der Waals surface area contributed by atoms with Gasteiger partial charge in [-0.2, -0.15) is 4.31 Å². The molecule has 1 aliphatic rings. The highest BCUT2D eigenvalue weighted by atomic mass is 32.2. The van der Waals surface area contributed by atoms with Crippen molar-refractivity contribution in [3.63, 3.8) is 0 Å². The van der Waals surface area contributed by atoms with Crippen molar-refractivity contribution in [1.29, 1.82) is 0 Å². The maximum Gasteiger partial charge on any atom is 0.244 e. The summed E-state index contributed by atoms with van der Waals surface area (Å²) in [6, 6.07) is 7.57. The Morgan fingerprint density at radius 3 is 2.43 bits per heavy atom. The van der Waals surface area contributed by atoms with Crippen LogP contribution in [-0.4, -0.2) is 67.7 Å². The Balaban J connectivity index is 1.60. The molecule has 9 heteroatoms. The molecule has 6 nitrogen and oxygen atoms in total. The first-order valence-electron chi connectivity index (χ1n) is 9.90. The highest BCUT2D eigenvalue weighted by Crippen LogP contribution is 2.28. The van der Waals surface area contributed by atoms with E-state index in [0.29, 0.717) is 37.6 Å². The van der Waals surface area contributed by atoms with Crippen LogP contribution in [0.25, 0.3) is 0 Å². The smallest absolute Gasteiger partial charge is 0.244 e. The number of amides is 1. The van der Waals surface area contributed by atoms with E-state index in [-0.39, 0.29) is 17.8 Å². The number of carbonyl (C=O) groups is 1. The lowest BCUT2D eigenvalue weighted by Crippen LogP contribution is -2.55. The van der Waals surface area contributed by atoms with E-state index in [4.69, 9.17) is 0 Å². The SMILES string of the molecule is Cc1cc(S(=O)(=O)N2CCN(C(C)C(=O)N(C)Cc3cccc(F)c3)CC2)c(C)s1. The summed E-state index contributed by atoms with van der Waals surface area (Å²) in [5.74, 6) is -0.394. The number of piperazine rings is 1. The summed E-state index contributed by atoms with van der Waals surface area (Å²) in [6.45, 7) is 7.57. The third kappa shape index (κ3) is 4.91. The second-order valence-corrected chi connectivity index (χ2v) is 11.1. The summed E-state index contributed by atoms with van der Waals surface area (Å²) in [4.78, 5) is 18.6. The first-order chi connectivity index (χ1) is 14.1. The van der Waals surface area contributed by atoms with Gasteiger partial charge >= 0.3 is 0 Å². The quantitative estimate of drug-likeness (QED) is 0.675. The molecule has 0 N–H and O–H groups in total. The standard InChI is InChI=1S/C21H28FN3O3S2/c1-15-12-20(17(3)29-15)30(27,28)25-10-8-24(9-11-25)16(2)21(26)23(4)14-18-6-5-7-19(22)13-18/h5-7,12-13,16H,8-11,14H2,1-4H3. The summed E-state index contributed by atoms with van der Waals surface area (Å²) in [5.41, 5.74) is 0.732. The predicted molar refractivity (Wildman–Crippen MR) is 116 cm³/mol. The van der Waals surface area contributed by atoms with E-state index in [0.717, 1.165) is 15.3 Å². The number of rotatable bonds is 6. The molecular formula is C21H28FN3O3S2. The summed E-state index contributed by atoms with van der Waals surface area (Å²) in [7, 11) is -1.82. The monoisotopic (exact) mass is 453 g/mol. The average molecular weight is 454 g/mol. The number of nitrogens with zero attached hydrogens (tertiary/aromatic N) is 3. The van der Waals surface area contributed by atoms with Crippen LogP contribution in [-0.2, 0) is 21.4 Å². The van der Waals surface area contributed by atoms with Crippen LogP contribution in [0.5, 0.6) is 0 Å². The molecule has 164 valence electrons. The number of thiophene rings is 1. The van der Waals surface area contributed by atoms with E-state index in [2.05, 4.69) is 0 Å². The molecule has 1 atom stereocenters. The summed E-state index contributed by atoms with van der Waals surface area (Å²) in [5, 5.41) is 0. The molecule has 0 saturated carbocycles. The van der Waals surface area contributed by atoms with E-state index >= 15 is 0 Å². The van der Waals surface area contributed by atoms with Gasteiger partial charge in [0.1, 0.15) is 5.82 Å². The molecule has 1 aromatic carbocycles. The summed E-state index contributed by atoms with van der Waals surface area (Å²) < 4.78 is 40.8. The number of hydrogen-bond acceptors (Lipinski definition) is 5. The molecule has 2 aromatic rings. The number of halogens is 1. The van der Waals surface area contributed by atoms with Crippen LogP contribution in [0.2, 0.25) is 0 Å². The van der Waals surface area contributed by atoms with Gasteiger partial charge in [0.2, 0.25) is 15.9 Å². The number of hydrogen-bond donors (Lipinski definition) is 0. The van der Waals surface area contributed by atoms with Crippen molar-refractivity contribution in [2.45, 2.75) is 38.3 Å². The van der Waals surface area contributed by atoms with Gasteiger partial charge in [-0.3, -0.25) is 9.69 Å². The Labute approximate surface area is 182 Å². The van der Waals surface area contributed by atoms with Gasteiger partial charge in [0.25, 0.3) is 0 Å². The van der Waals surface area contributed by atoms with Gasteiger partial charge in [0, 0.05) is 49.5 Å². The number of benzene rings is 1. The topological polar surface area (TPSA) is 60.9 Å². The van der Waals surface area contributed by atoms with Gasteiger partial charge in [0.15, 0.2) is 0 Å². The van der Waals surface area contributed by atoms with Crippen molar-refractivity contribution >= 4 is 27.3 Å². The molecule has 0 aliphatic carbocycles. The maximum absolute atomic E-state index is 13.4. The van der Waals surface area contributed by atoms with E-state index in [1.54, 1.807) is 30.1 Å². The van der Waals surface area contributed by atoms with Crippen LogP contribution in [0.15, 0.2) is 35.2 Å². The predicted octanol–water partition coefficient (Wildman–Crippen LogP) is 2.86. The Kier molecular flexibility index (Phi) is 6.96. The van der Waals surface area contributed by atoms with Crippen molar-refractivity contribution in [1.82, 2.24) is 14.1 Å². The third-order valence-corrected chi connectivity index (χ3v) is 8.60. The van der Waals surface area contributed by atoms with Gasteiger partial charge < -0.3 is 4.90 Å². The molecule has 3 rings (SSSR count). The highest BCUT2D eigenvalue weighted by molar-refractivity contribution is 7.89. The van der Waals surface area contributed by atoms with Crippen molar-refractivity contribution in [2.75, 3.05) is 33.2 Å². The first-order valence-corrected chi connectivity index (χ1v) is 12.2. The van der Waals surface area contributed by atoms with Gasteiger partial charge in [-0.1, -0.05) is 12.1 Å². The van der Waals surface area contributed by atoms with Crippen LogP contribution in [0.4, 0.5) is 4.39 Å². The summed E-state index contributed by atoms with van der Waals surface area (Å²) in [6.07, 6.45) is 0. The molecular weight excluding hydrogens is 425 g/mol. The minimum atomic E-state index is -3.52. The second-order valence-electron chi connectivity index (χ2n) is 7.72. The minimum Gasteiger partial charge on any atom is -0.340 e. The normalized spacial score (nSPS) is 17.1. The molecule has 0 spiro atoms. The lowest BCUT2D eigenvalue weighted by Gasteiger charge is -2.37. The lowest BCUT2D eigenvalue weighted by molar-refractivity contribution is -0.136. The molecule has 1 saturated heterocycles. The van der Waals surface area contributed by atoms with Crippen molar-refractivity contribution in [2.24, 2.45) is 0 Å². The zero-order chi connectivity index (χ0) is 22.1. The fourth-order valence-corrected chi connectivity index (χ4v) is 6.74. The molecule has 1 unspecified atom stereocenters. The molecule has 1 aromatic heterocycles. The zero-order valence-electron chi connectivity index (χ0n) is 17.8. The molecule has 30 heavy (non-hydrogen) atoms. The molecule has 1 fully saturated rings. The van der Waals surface area contributed by atoms with Crippen molar-refractivity contribution < 1.29 is 17.6 Å². The van der Waals surface area contributed by atoms with Gasteiger partial charge in [-0.25, -0.2) is 12.8 Å². The van der Waals surface area contributed by atoms with Gasteiger partial charge in [-0.15, -0.1) is 11.3 Å². The van der Waals surface area contributed by atoms with Crippen LogP contribution in [0.3, 0.4) is 0 Å². The minimum absolute atomic E-state index is 0.0696. The largest absolute Gasteiger partial charge is 0.340 e. The van der Waals surface area contributed by atoms with Crippen molar-refractivity contribution in [3.8, 4) is 0 Å². The van der Waals surface area contributed by atoms with E-state index < -0.39 is 10.0 Å². The Morgan fingerprint density at radius 2 is 1.87 bits per heavy atom. The van der Waals surface area contributed by atoms with E-state index in [9.17, 15) is 17.6 Å². The molecule has 0 radical (unpaired) electrons. The first kappa shape index (κ1) is 22.9. The third-order valence-electron chi connectivity index (χ3n) is 5.48. The number of likely N-dealkylation sites (N-methyl/N-ethyl adjacent to an activating group) is 1. The van der Waals surface area contributed by atoms with Gasteiger partial charge in [-0.05, 0) is 44.5 Å².